The SMILES string of the molecule is CCC(O)(CC)CNC1CCOC2(CCOCC2)C1. The molecule has 4 nitrogen and oxygen atoms in total. The molecule has 2 heterocycles. The minimum atomic E-state index is -0.554. The molecule has 0 saturated carbocycles. The van der Waals surface area contributed by atoms with Crippen LogP contribution in [0.5, 0.6) is 0 Å². The summed E-state index contributed by atoms with van der Waals surface area (Å²) in [5.74, 6) is 0. The van der Waals surface area contributed by atoms with Gasteiger partial charge in [0.1, 0.15) is 0 Å². The molecule has 1 spiro atoms. The molecule has 112 valence electrons. The molecule has 0 amide bonds. The number of hydrogen-bond acceptors (Lipinski definition) is 4. The van der Waals surface area contributed by atoms with E-state index in [4.69, 9.17) is 9.47 Å². The maximum Gasteiger partial charge on any atom is 0.0766 e. The van der Waals surface area contributed by atoms with Crippen LogP contribution < -0.4 is 5.32 Å². The van der Waals surface area contributed by atoms with Crippen molar-refractivity contribution in [2.45, 2.75) is 69.6 Å². The fourth-order valence-electron chi connectivity index (χ4n) is 3.13. The number of rotatable bonds is 5. The molecule has 1 unspecified atom stereocenters. The van der Waals surface area contributed by atoms with Gasteiger partial charge < -0.3 is 19.9 Å². The Morgan fingerprint density at radius 1 is 1.21 bits per heavy atom. The highest BCUT2D eigenvalue weighted by Gasteiger charge is 2.39. The average Bonchev–Trinajstić information content (AvgIpc) is 2.46. The predicted octanol–water partition coefficient (Wildman–Crippen LogP) is 1.86. The molecule has 2 fully saturated rings. The van der Waals surface area contributed by atoms with E-state index in [1.165, 1.54) is 0 Å². The van der Waals surface area contributed by atoms with Crippen LogP contribution in [0.3, 0.4) is 0 Å². The van der Waals surface area contributed by atoms with E-state index in [0.717, 1.165) is 58.3 Å². The first-order chi connectivity index (χ1) is 9.11. The summed E-state index contributed by atoms with van der Waals surface area (Å²) >= 11 is 0. The van der Waals surface area contributed by atoms with Crippen molar-refractivity contribution in [1.82, 2.24) is 5.32 Å². The van der Waals surface area contributed by atoms with Crippen LogP contribution in [-0.4, -0.2) is 48.7 Å². The quantitative estimate of drug-likeness (QED) is 0.801. The fourth-order valence-corrected chi connectivity index (χ4v) is 3.13. The van der Waals surface area contributed by atoms with E-state index in [1.54, 1.807) is 0 Å². The molecule has 1 atom stereocenters. The average molecular weight is 271 g/mol. The van der Waals surface area contributed by atoms with Crippen molar-refractivity contribution in [2.75, 3.05) is 26.4 Å². The number of nitrogens with one attached hydrogen (secondary N) is 1. The molecule has 0 aliphatic carbocycles. The van der Waals surface area contributed by atoms with Crippen molar-refractivity contribution in [3.05, 3.63) is 0 Å². The molecular formula is C15H29NO3. The van der Waals surface area contributed by atoms with Crippen LogP contribution in [-0.2, 0) is 9.47 Å². The minimum Gasteiger partial charge on any atom is -0.389 e. The van der Waals surface area contributed by atoms with Crippen LogP contribution in [0.15, 0.2) is 0 Å². The lowest BCUT2D eigenvalue weighted by Gasteiger charge is -2.44. The Balaban J connectivity index is 1.84. The van der Waals surface area contributed by atoms with E-state index in [0.29, 0.717) is 12.6 Å². The summed E-state index contributed by atoms with van der Waals surface area (Å²) in [6.07, 6.45) is 5.73. The maximum absolute atomic E-state index is 10.3. The molecule has 2 saturated heterocycles. The molecule has 19 heavy (non-hydrogen) atoms. The molecule has 0 radical (unpaired) electrons. The standard InChI is InChI=1S/C15H29NO3/c1-3-14(17,4-2)12-16-13-5-8-19-15(11-13)6-9-18-10-7-15/h13,16-17H,3-12H2,1-2H3. The van der Waals surface area contributed by atoms with Crippen LogP contribution in [0.25, 0.3) is 0 Å². The lowest BCUT2D eigenvalue weighted by Crippen LogP contribution is -2.52. The molecule has 2 N–H and O–H groups in total. The Morgan fingerprint density at radius 2 is 1.89 bits per heavy atom. The Bertz CT molecular complexity index is 267. The van der Waals surface area contributed by atoms with Gasteiger partial charge in [-0.1, -0.05) is 13.8 Å². The molecule has 2 rings (SSSR count). The number of ether oxygens (including phenoxy) is 2. The van der Waals surface area contributed by atoms with Crippen molar-refractivity contribution < 1.29 is 14.6 Å². The molecule has 0 aromatic heterocycles. The summed E-state index contributed by atoms with van der Waals surface area (Å²) < 4.78 is 11.5. The summed E-state index contributed by atoms with van der Waals surface area (Å²) in [5, 5.41) is 13.9. The summed E-state index contributed by atoms with van der Waals surface area (Å²) in [4.78, 5) is 0. The fraction of sp³-hybridized carbons (Fsp3) is 1.00. The first-order valence-electron chi connectivity index (χ1n) is 7.79. The zero-order valence-corrected chi connectivity index (χ0v) is 12.4. The van der Waals surface area contributed by atoms with Crippen molar-refractivity contribution in [3.63, 3.8) is 0 Å². The third kappa shape index (κ3) is 3.91. The molecule has 0 aromatic carbocycles. The normalized spacial score (nSPS) is 27.6. The van der Waals surface area contributed by atoms with Crippen molar-refractivity contribution in [2.24, 2.45) is 0 Å². The van der Waals surface area contributed by atoms with E-state index in [-0.39, 0.29) is 5.60 Å². The second kappa shape index (κ2) is 6.53. The van der Waals surface area contributed by atoms with Crippen LogP contribution in [0.2, 0.25) is 0 Å². The smallest absolute Gasteiger partial charge is 0.0766 e. The summed E-state index contributed by atoms with van der Waals surface area (Å²) in [7, 11) is 0. The van der Waals surface area contributed by atoms with Crippen LogP contribution in [0.4, 0.5) is 0 Å². The predicted molar refractivity (Wildman–Crippen MR) is 75.3 cm³/mol. The van der Waals surface area contributed by atoms with E-state index in [1.807, 2.05) is 0 Å². The summed E-state index contributed by atoms with van der Waals surface area (Å²) in [5.41, 5.74) is -0.522. The van der Waals surface area contributed by atoms with Gasteiger partial charge in [0.05, 0.1) is 11.2 Å². The maximum atomic E-state index is 10.3. The van der Waals surface area contributed by atoms with E-state index in [9.17, 15) is 5.11 Å². The molecule has 4 heteroatoms. The van der Waals surface area contributed by atoms with Crippen molar-refractivity contribution in [1.29, 1.82) is 0 Å². The third-order valence-electron chi connectivity index (χ3n) is 4.93. The van der Waals surface area contributed by atoms with Crippen molar-refractivity contribution in [3.8, 4) is 0 Å². The molecular weight excluding hydrogens is 242 g/mol. The molecule has 0 bridgehead atoms. The van der Waals surface area contributed by atoms with Gasteiger partial charge >= 0.3 is 0 Å². The van der Waals surface area contributed by atoms with Gasteiger partial charge in [0.2, 0.25) is 0 Å². The summed E-state index contributed by atoms with van der Waals surface area (Å²) in [6.45, 7) is 7.26. The van der Waals surface area contributed by atoms with E-state index in [2.05, 4.69) is 19.2 Å². The van der Waals surface area contributed by atoms with Gasteiger partial charge in [0.25, 0.3) is 0 Å². The lowest BCUT2D eigenvalue weighted by atomic mass is 9.83. The zero-order chi connectivity index (χ0) is 13.8. The van der Waals surface area contributed by atoms with Gasteiger partial charge in [-0.2, -0.15) is 0 Å². The highest BCUT2D eigenvalue weighted by molar-refractivity contribution is 4.92. The first-order valence-corrected chi connectivity index (χ1v) is 7.79. The topological polar surface area (TPSA) is 50.7 Å². The zero-order valence-electron chi connectivity index (χ0n) is 12.4. The Labute approximate surface area is 116 Å². The van der Waals surface area contributed by atoms with Gasteiger partial charge in [-0.3, -0.25) is 0 Å². The van der Waals surface area contributed by atoms with E-state index < -0.39 is 5.60 Å². The first kappa shape index (κ1) is 15.2. The second-order valence-corrected chi connectivity index (χ2v) is 6.15. The van der Waals surface area contributed by atoms with Crippen molar-refractivity contribution >= 4 is 0 Å². The van der Waals surface area contributed by atoms with Gasteiger partial charge in [0, 0.05) is 32.4 Å². The van der Waals surface area contributed by atoms with E-state index >= 15 is 0 Å². The summed E-state index contributed by atoms with van der Waals surface area (Å²) in [6, 6.07) is 0.469. The second-order valence-electron chi connectivity index (χ2n) is 6.15. The van der Waals surface area contributed by atoms with Crippen LogP contribution >= 0.6 is 0 Å². The lowest BCUT2D eigenvalue weighted by molar-refractivity contribution is -0.141. The monoisotopic (exact) mass is 271 g/mol. The van der Waals surface area contributed by atoms with Gasteiger partial charge in [-0.05, 0) is 38.5 Å². The Morgan fingerprint density at radius 3 is 2.53 bits per heavy atom. The molecule has 0 aromatic rings. The molecule has 2 aliphatic heterocycles. The van der Waals surface area contributed by atoms with Crippen LogP contribution in [0.1, 0.15) is 52.4 Å². The van der Waals surface area contributed by atoms with Gasteiger partial charge in [0.15, 0.2) is 0 Å². The van der Waals surface area contributed by atoms with Crippen LogP contribution in [0, 0.1) is 0 Å². The largest absolute Gasteiger partial charge is 0.389 e. The third-order valence-corrected chi connectivity index (χ3v) is 4.93. The van der Waals surface area contributed by atoms with Gasteiger partial charge in [-0.25, -0.2) is 0 Å². The Kier molecular flexibility index (Phi) is 5.23. The minimum absolute atomic E-state index is 0.0325. The highest BCUT2D eigenvalue weighted by atomic mass is 16.5. The number of aliphatic hydroxyl groups is 1. The van der Waals surface area contributed by atoms with Gasteiger partial charge in [-0.15, -0.1) is 0 Å². The molecule has 2 aliphatic rings. The number of hydrogen-bond donors (Lipinski definition) is 2. The Hall–Kier alpha value is -0.160. The highest BCUT2D eigenvalue weighted by Crippen LogP contribution is 2.34.